The summed E-state index contributed by atoms with van der Waals surface area (Å²) >= 11 is 0. The zero-order chi connectivity index (χ0) is 73.9. The number of allylic oxidation sites excluding steroid dienone is 12. The molecular weight excluding hydrogens is 1300 g/mol. The van der Waals surface area contributed by atoms with Gasteiger partial charge in [0.1, 0.15) is 73.2 Å². The molecule has 0 radical (unpaired) electrons. The molecule has 3 heterocycles. The van der Waals surface area contributed by atoms with Crippen LogP contribution in [0, 0.1) is 0 Å². The molecular formula is C83H149NO18. The number of aliphatic hydroxyl groups excluding tert-OH is 11. The molecule has 0 aromatic rings. The van der Waals surface area contributed by atoms with Gasteiger partial charge < -0.3 is 89.9 Å². The van der Waals surface area contributed by atoms with Crippen molar-refractivity contribution in [2.45, 2.75) is 420 Å². The van der Waals surface area contributed by atoms with E-state index in [0.29, 0.717) is 12.8 Å². The van der Waals surface area contributed by atoms with E-state index in [9.17, 15) is 61.0 Å². The van der Waals surface area contributed by atoms with Crippen molar-refractivity contribution < 1.29 is 89.4 Å². The first-order chi connectivity index (χ1) is 49.8. The first-order valence-corrected chi connectivity index (χ1v) is 41.2. The summed E-state index contributed by atoms with van der Waals surface area (Å²) in [6, 6.07) is -0.889. The number of amides is 1. The van der Waals surface area contributed by atoms with Crippen molar-refractivity contribution in [2.24, 2.45) is 0 Å². The second-order valence-corrected chi connectivity index (χ2v) is 29.2. The van der Waals surface area contributed by atoms with Gasteiger partial charge in [-0.15, -0.1) is 0 Å². The van der Waals surface area contributed by atoms with Crippen molar-refractivity contribution >= 4 is 5.91 Å². The lowest BCUT2D eigenvalue weighted by Gasteiger charge is -2.48. The van der Waals surface area contributed by atoms with Crippen molar-refractivity contribution in [3.63, 3.8) is 0 Å². The Morgan fingerprint density at radius 3 is 1.06 bits per heavy atom. The molecule has 0 aliphatic carbocycles. The van der Waals surface area contributed by atoms with Crippen LogP contribution in [0.4, 0.5) is 0 Å². The van der Waals surface area contributed by atoms with Crippen LogP contribution in [0.2, 0.25) is 0 Å². The molecule has 12 N–H and O–H groups in total. The SMILES string of the molecule is CC/C=C\C/C=C\C/C=C\C/C=C\C/C=C\C/C=C\CCCCCCCCCCCCCCCCCCCCCCC(=O)NC(COC1OC(CO)C(OC2OC(CO)C(OC3OC(CO)C(O)C(O)C3O)C(O)C2O)C(O)C1O)C(O)CCCCCCCCCCCCCCCCCCCC. The van der Waals surface area contributed by atoms with Crippen LogP contribution in [-0.4, -0.2) is 193 Å². The molecule has 0 aromatic heterocycles. The number of nitrogens with one attached hydrogen (secondary N) is 1. The molecule has 17 unspecified atom stereocenters. The third kappa shape index (κ3) is 42.7. The van der Waals surface area contributed by atoms with E-state index in [2.05, 4.69) is 92.1 Å². The number of hydrogen-bond acceptors (Lipinski definition) is 18. The summed E-state index contributed by atoms with van der Waals surface area (Å²) in [6.07, 6.45) is 55.7. The highest BCUT2D eigenvalue weighted by atomic mass is 16.8. The third-order valence-corrected chi connectivity index (χ3v) is 20.3. The maximum atomic E-state index is 13.5. The van der Waals surface area contributed by atoms with Gasteiger partial charge in [0, 0.05) is 6.42 Å². The highest BCUT2D eigenvalue weighted by molar-refractivity contribution is 5.76. The predicted octanol–water partition coefficient (Wildman–Crippen LogP) is 14.0. The van der Waals surface area contributed by atoms with E-state index >= 15 is 0 Å². The summed E-state index contributed by atoms with van der Waals surface area (Å²) in [6.45, 7) is 1.72. The minimum absolute atomic E-state index is 0.239. The fourth-order valence-electron chi connectivity index (χ4n) is 13.7. The van der Waals surface area contributed by atoms with Crippen LogP contribution in [0.3, 0.4) is 0 Å². The minimum atomic E-state index is -1.97. The first-order valence-electron chi connectivity index (χ1n) is 41.2. The van der Waals surface area contributed by atoms with Crippen LogP contribution >= 0.6 is 0 Å². The topological polar surface area (TPSA) is 307 Å². The Morgan fingerprint density at radius 2 is 0.676 bits per heavy atom. The fraction of sp³-hybridized carbons (Fsp3) is 0.843. The van der Waals surface area contributed by atoms with Crippen LogP contribution < -0.4 is 5.32 Å². The molecule has 3 saturated heterocycles. The Labute approximate surface area is 617 Å². The minimum Gasteiger partial charge on any atom is -0.394 e. The van der Waals surface area contributed by atoms with E-state index in [1.807, 2.05) is 0 Å². The molecule has 0 bridgehead atoms. The largest absolute Gasteiger partial charge is 0.394 e. The lowest BCUT2D eigenvalue weighted by molar-refractivity contribution is -0.379. The Bertz CT molecular complexity index is 2120. The normalized spacial score (nSPS) is 26.5. The third-order valence-electron chi connectivity index (χ3n) is 20.3. The van der Waals surface area contributed by atoms with Crippen LogP contribution in [-0.2, 0) is 33.2 Å². The molecule has 1 amide bonds. The van der Waals surface area contributed by atoms with Gasteiger partial charge in [0.25, 0.3) is 0 Å². The number of unbranched alkanes of at least 4 members (excludes halogenated alkanes) is 37. The van der Waals surface area contributed by atoms with Crippen molar-refractivity contribution in [1.82, 2.24) is 5.32 Å². The van der Waals surface area contributed by atoms with E-state index in [4.69, 9.17) is 28.4 Å². The summed E-state index contributed by atoms with van der Waals surface area (Å²) in [5, 5.41) is 121. The van der Waals surface area contributed by atoms with Crippen LogP contribution in [0.1, 0.15) is 316 Å². The molecule has 3 fully saturated rings. The average Bonchev–Trinajstić information content (AvgIpc) is 0.781. The van der Waals surface area contributed by atoms with E-state index in [-0.39, 0.29) is 18.9 Å². The van der Waals surface area contributed by atoms with Crippen molar-refractivity contribution in [2.75, 3.05) is 26.4 Å². The molecule has 0 spiro atoms. The van der Waals surface area contributed by atoms with Gasteiger partial charge in [-0.05, 0) is 64.2 Å². The molecule has 3 rings (SSSR count). The summed E-state index contributed by atoms with van der Waals surface area (Å²) in [7, 11) is 0. The van der Waals surface area contributed by atoms with E-state index in [0.717, 1.165) is 83.5 Å². The van der Waals surface area contributed by atoms with Gasteiger partial charge in [-0.25, -0.2) is 0 Å². The van der Waals surface area contributed by atoms with Crippen LogP contribution in [0.15, 0.2) is 72.9 Å². The zero-order valence-electron chi connectivity index (χ0n) is 63.6. The number of rotatable bonds is 65. The highest BCUT2D eigenvalue weighted by Gasteiger charge is 2.54. The Morgan fingerprint density at radius 1 is 0.363 bits per heavy atom. The number of carbonyl (C=O) groups is 1. The molecule has 17 atom stereocenters. The van der Waals surface area contributed by atoms with Crippen LogP contribution in [0.5, 0.6) is 0 Å². The van der Waals surface area contributed by atoms with Gasteiger partial charge >= 0.3 is 0 Å². The maximum Gasteiger partial charge on any atom is 0.220 e. The van der Waals surface area contributed by atoms with E-state index < -0.39 is 124 Å². The molecule has 3 aliphatic rings. The molecule has 102 heavy (non-hydrogen) atoms. The van der Waals surface area contributed by atoms with Gasteiger partial charge in [-0.3, -0.25) is 4.79 Å². The monoisotopic (exact) mass is 1450 g/mol. The number of aliphatic hydroxyl groups is 11. The summed E-state index contributed by atoms with van der Waals surface area (Å²) in [5.41, 5.74) is 0. The van der Waals surface area contributed by atoms with E-state index in [1.54, 1.807) is 0 Å². The molecule has 19 heteroatoms. The molecule has 594 valence electrons. The lowest BCUT2D eigenvalue weighted by Crippen LogP contribution is -2.66. The van der Waals surface area contributed by atoms with Gasteiger partial charge in [-0.1, -0.05) is 318 Å². The second-order valence-electron chi connectivity index (χ2n) is 29.2. The summed E-state index contributed by atoms with van der Waals surface area (Å²) in [4.78, 5) is 13.5. The molecule has 19 nitrogen and oxygen atoms in total. The van der Waals surface area contributed by atoms with Crippen molar-refractivity contribution in [1.29, 1.82) is 0 Å². The van der Waals surface area contributed by atoms with Crippen molar-refractivity contribution in [3.8, 4) is 0 Å². The smallest absolute Gasteiger partial charge is 0.220 e. The number of ether oxygens (including phenoxy) is 6. The van der Waals surface area contributed by atoms with Gasteiger partial charge in [0.05, 0.1) is 38.6 Å². The molecule has 0 aromatic carbocycles. The predicted molar refractivity (Wildman–Crippen MR) is 406 cm³/mol. The van der Waals surface area contributed by atoms with Crippen LogP contribution in [0.25, 0.3) is 0 Å². The standard InChI is InChI=1S/C83H149NO18/c1-3-5-7-9-11-13-15-17-19-21-23-24-25-26-27-28-29-30-31-32-33-34-35-36-37-38-39-40-41-42-43-45-47-49-51-53-55-57-59-61-71(89)84-66(67(88)60-58-56-54-52-50-48-46-44-22-20-18-16-14-12-10-8-6-4-2)65-97-81-77(95)74(92)79(69(63-86)99-81)102-83-78(96)75(93)80(70(64-87)100-83)101-82-76(94)73(91)72(90)68(62-85)98-82/h5,7,11,13,17,19,23-24,26-27,29-30,66-70,72-83,85-88,90-96H,3-4,6,8-10,12,14-16,18,20-22,25,28,31-65H2,1-2H3,(H,84,89)/b7-5-,13-11-,19-17-,24-23-,27-26-,30-29-. The quantitative estimate of drug-likeness (QED) is 0.0199. The zero-order valence-corrected chi connectivity index (χ0v) is 63.6. The maximum absolute atomic E-state index is 13.5. The van der Waals surface area contributed by atoms with E-state index in [1.165, 1.54) is 199 Å². The highest BCUT2D eigenvalue weighted by Crippen LogP contribution is 2.33. The Kier molecular flexibility index (Phi) is 57.9. The summed E-state index contributed by atoms with van der Waals surface area (Å²) in [5.74, 6) is -0.239. The Balaban J connectivity index is 1.30. The lowest BCUT2D eigenvalue weighted by atomic mass is 9.96. The molecule has 3 aliphatic heterocycles. The fourth-order valence-corrected chi connectivity index (χ4v) is 13.7. The number of hydrogen-bond donors (Lipinski definition) is 12. The second kappa shape index (κ2) is 63.2. The average molecular weight is 1450 g/mol. The van der Waals surface area contributed by atoms with Gasteiger partial charge in [-0.2, -0.15) is 0 Å². The summed E-state index contributed by atoms with van der Waals surface area (Å²) < 4.78 is 34.5. The van der Waals surface area contributed by atoms with Crippen molar-refractivity contribution in [3.05, 3.63) is 72.9 Å². The van der Waals surface area contributed by atoms with Gasteiger partial charge in [0.2, 0.25) is 5.91 Å². The molecule has 0 saturated carbocycles. The van der Waals surface area contributed by atoms with Gasteiger partial charge in [0.15, 0.2) is 18.9 Å². The first kappa shape index (κ1) is 93.4. The number of carbonyl (C=O) groups excluding carboxylic acids is 1. The Hall–Kier alpha value is -2.77.